The summed E-state index contributed by atoms with van der Waals surface area (Å²) >= 11 is 0. The number of nitrogens with one attached hydrogen (secondary N) is 2. The van der Waals surface area contributed by atoms with E-state index in [1.807, 2.05) is 29.1 Å². The van der Waals surface area contributed by atoms with Gasteiger partial charge in [-0.3, -0.25) is 0 Å². The number of nitrogens with zero attached hydrogens (tertiary/aromatic N) is 1. The van der Waals surface area contributed by atoms with Crippen LogP contribution in [0, 0.1) is 5.82 Å². The van der Waals surface area contributed by atoms with Crippen LogP contribution in [0.3, 0.4) is 0 Å². The van der Waals surface area contributed by atoms with Gasteiger partial charge in [0, 0.05) is 24.1 Å². The summed E-state index contributed by atoms with van der Waals surface area (Å²) < 4.78 is 15.8. The van der Waals surface area contributed by atoms with Gasteiger partial charge in [0.25, 0.3) is 0 Å². The number of carbonyl (C=O) groups is 1. The second-order valence-electron chi connectivity index (χ2n) is 5.86. The minimum Gasteiger partial charge on any atom is -0.393 e. The molecule has 1 aliphatic carbocycles. The van der Waals surface area contributed by atoms with E-state index in [1.165, 1.54) is 6.07 Å². The third kappa shape index (κ3) is 3.90. The van der Waals surface area contributed by atoms with Crippen molar-refractivity contribution in [3.8, 4) is 5.69 Å². The van der Waals surface area contributed by atoms with Crippen molar-refractivity contribution in [1.29, 1.82) is 0 Å². The summed E-state index contributed by atoms with van der Waals surface area (Å²) in [5, 5.41) is 14.9. The number of hydrogen-bond donors (Lipinski definition) is 3. The molecule has 1 aromatic heterocycles. The molecule has 2 aromatic rings. The molecule has 1 aromatic carbocycles. The third-order valence-electron chi connectivity index (χ3n) is 4.13. The Bertz CT molecular complexity index is 664. The van der Waals surface area contributed by atoms with Crippen LogP contribution in [0.5, 0.6) is 0 Å². The molecule has 1 fully saturated rings. The number of carbonyl (C=O) groups excluding carboxylic acids is 1. The molecule has 122 valence electrons. The zero-order valence-electron chi connectivity index (χ0n) is 12.7. The SMILES string of the molecule is O=C(Nc1cc(-n2cccc2)ccc1F)NC1CCC(O)CC1. The van der Waals surface area contributed by atoms with Crippen LogP contribution in [0.4, 0.5) is 14.9 Å². The van der Waals surface area contributed by atoms with E-state index in [4.69, 9.17) is 0 Å². The fraction of sp³-hybridized carbons (Fsp3) is 0.353. The summed E-state index contributed by atoms with van der Waals surface area (Å²) in [6.45, 7) is 0. The number of hydrogen-bond acceptors (Lipinski definition) is 2. The molecule has 3 rings (SSSR count). The molecule has 0 atom stereocenters. The van der Waals surface area contributed by atoms with E-state index in [9.17, 15) is 14.3 Å². The predicted octanol–water partition coefficient (Wildman–Crippen LogP) is 3.04. The van der Waals surface area contributed by atoms with Gasteiger partial charge in [0.15, 0.2) is 0 Å². The van der Waals surface area contributed by atoms with Crippen LogP contribution in [0.15, 0.2) is 42.7 Å². The minimum absolute atomic E-state index is 0.0223. The van der Waals surface area contributed by atoms with Crippen molar-refractivity contribution >= 4 is 11.7 Å². The highest BCUT2D eigenvalue weighted by molar-refractivity contribution is 5.89. The quantitative estimate of drug-likeness (QED) is 0.814. The number of rotatable bonds is 3. The summed E-state index contributed by atoms with van der Waals surface area (Å²) in [6, 6.07) is 7.94. The normalized spacial score (nSPS) is 21.0. The lowest BCUT2D eigenvalue weighted by Gasteiger charge is -2.26. The molecule has 1 saturated carbocycles. The van der Waals surface area contributed by atoms with Crippen molar-refractivity contribution < 1.29 is 14.3 Å². The topological polar surface area (TPSA) is 66.3 Å². The Morgan fingerprint density at radius 1 is 1.17 bits per heavy atom. The highest BCUT2D eigenvalue weighted by Crippen LogP contribution is 2.21. The second kappa shape index (κ2) is 6.83. The summed E-state index contributed by atoms with van der Waals surface area (Å²) in [5.74, 6) is -0.477. The maximum Gasteiger partial charge on any atom is 0.319 e. The van der Waals surface area contributed by atoms with Gasteiger partial charge in [-0.2, -0.15) is 0 Å². The Balaban J connectivity index is 1.65. The van der Waals surface area contributed by atoms with Crippen LogP contribution in [0.2, 0.25) is 0 Å². The van der Waals surface area contributed by atoms with E-state index >= 15 is 0 Å². The van der Waals surface area contributed by atoms with E-state index in [-0.39, 0.29) is 17.8 Å². The van der Waals surface area contributed by atoms with Gasteiger partial charge in [0.05, 0.1) is 11.8 Å². The maximum absolute atomic E-state index is 13.9. The number of aliphatic hydroxyl groups excluding tert-OH is 1. The van der Waals surface area contributed by atoms with E-state index in [0.29, 0.717) is 12.8 Å². The largest absolute Gasteiger partial charge is 0.393 e. The lowest BCUT2D eigenvalue weighted by Crippen LogP contribution is -2.41. The summed E-state index contributed by atoms with van der Waals surface area (Å²) in [4.78, 5) is 12.1. The van der Waals surface area contributed by atoms with E-state index in [0.717, 1.165) is 18.5 Å². The van der Waals surface area contributed by atoms with Crippen molar-refractivity contribution in [3.63, 3.8) is 0 Å². The van der Waals surface area contributed by atoms with Gasteiger partial charge in [0.2, 0.25) is 0 Å². The Morgan fingerprint density at radius 3 is 2.57 bits per heavy atom. The number of anilines is 1. The first-order valence-electron chi connectivity index (χ1n) is 7.80. The standard InChI is InChI=1S/C17H20FN3O2/c18-15-8-5-13(21-9-1-2-10-21)11-16(15)20-17(23)19-12-3-6-14(22)7-4-12/h1-2,5,8-12,14,22H,3-4,6-7H2,(H2,19,20,23). The Hall–Kier alpha value is -2.34. The molecule has 1 aliphatic rings. The molecule has 1 heterocycles. The molecule has 0 unspecified atom stereocenters. The highest BCUT2D eigenvalue weighted by Gasteiger charge is 2.21. The van der Waals surface area contributed by atoms with Crippen molar-refractivity contribution in [3.05, 3.63) is 48.5 Å². The molecule has 0 bridgehead atoms. The monoisotopic (exact) mass is 317 g/mol. The van der Waals surface area contributed by atoms with Gasteiger partial charge >= 0.3 is 6.03 Å². The Morgan fingerprint density at radius 2 is 1.87 bits per heavy atom. The van der Waals surface area contributed by atoms with Crippen LogP contribution in [-0.2, 0) is 0 Å². The van der Waals surface area contributed by atoms with Crippen LogP contribution >= 0.6 is 0 Å². The molecule has 6 heteroatoms. The van der Waals surface area contributed by atoms with Gasteiger partial charge in [-0.15, -0.1) is 0 Å². The summed E-state index contributed by atoms with van der Waals surface area (Å²) in [6.07, 6.45) is 6.27. The fourth-order valence-corrected chi connectivity index (χ4v) is 2.84. The predicted molar refractivity (Wildman–Crippen MR) is 86.1 cm³/mol. The van der Waals surface area contributed by atoms with Crippen LogP contribution in [0.25, 0.3) is 5.69 Å². The van der Waals surface area contributed by atoms with Gasteiger partial charge in [0.1, 0.15) is 5.82 Å². The lowest BCUT2D eigenvalue weighted by atomic mass is 9.93. The third-order valence-corrected chi connectivity index (χ3v) is 4.13. The molecule has 0 radical (unpaired) electrons. The summed E-state index contributed by atoms with van der Waals surface area (Å²) in [7, 11) is 0. The molecule has 23 heavy (non-hydrogen) atoms. The zero-order valence-corrected chi connectivity index (χ0v) is 12.7. The maximum atomic E-state index is 13.9. The van der Waals surface area contributed by atoms with Crippen LogP contribution in [-0.4, -0.2) is 27.9 Å². The van der Waals surface area contributed by atoms with Gasteiger partial charge in [-0.05, 0) is 56.0 Å². The first kappa shape index (κ1) is 15.6. The Kier molecular flexibility index (Phi) is 4.62. The van der Waals surface area contributed by atoms with Crippen molar-refractivity contribution in [2.75, 3.05) is 5.32 Å². The van der Waals surface area contributed by atoms with Crippen molar-refractivity contribution in [2.24, 2.45) is 0 Å². The number of amides is 2. The molecule has 0 spiro atoms. The number of urea groups is 1. The van der Waals surface area contributed by atoms with Gasteiger partial charge in [-0.1, -0.05) is 0 Å². The smallest absolute Gasteiger partial charge is 0.319 e. The minimum atomic E-state index is -0.477. The molecular weight excluding hydrogens is 297 g/mol. The van der Waals surface area contributed by atoms with Gasteiger partial charge in [-0.25, -0.2) is 9.18 Å². The molecular formula is C17H20FN3O2. The average molecular weight is 317 g/mol. The highest BCUT2D eigenvalue weighted by atomic mass is 19.1. The average Bonchev–Trinajstić information content (AvgIpc) is 3.06. The number of halogens is 1. The van der Waals surface area contributed by atoms with Crippen molar-refractivity contribution in [2.45, 2.75) is 37.8 Å². The fourth-order valence-electron chi connectivity index (χ4n) is 2.84. The Labute approximate surface area is 134 Å². The molecule has 0 saturated heterocycles. The van der Waals surface area contributed by atoms with E-state index < -0.39 is 11.8 Å². The molecule has 3 N–H and O–H groups in total. The van der Waals surface area contributed by atoms with E-state index in [1.54, 1.807) is 12.1 Å². The van der Waals surface area contributed by atoms with Crippen LogP contribution in [0.1, 0.15) is 25.7 Å². The van der Waals surface area contributed by atoms with E-state index in [2.05, 4.69) is 10.6 Å². The summed E-state index contributed by atoms with van der Waals surface area (Å²) in [5.41, 5.74) is 0.914. The lowest BCUT2D eigenvalue weighted by molar-refractivity contribution is 0.118. The number of benzene rings is 1. The van der Waals surface area contributed by atoms with Crippen molar-refractivity contribution in [1.82, 2.24) is 9.88 Å². The second-order valence-corrected chi connectivity index (χ2v) is 5.86. The first-order chi connectivity index (χ1) is 11.1. The molecule has 5 nitrogen and oxygen atoms in total. The first-order valence-corrected chi connectivity index (χ1v) is 7.80. The number of aromatic nitrogens is 1. The number of aliphatic hydroxyl groups is 1. The zero-order chi connectivity index (χ0) is 16.2. The molecule has 2 amide bonds. The van der Waals surface area contributed by atoms with Crippen LogP contribution < -0.4 is 10.6 Å². The molecule has 0 aliphatic heterocycles. The van der Waals surface area contributed by atoms with Gasteiger partial charge < -0.3 is 20.3 Å².